The molecule has 2 aromatic rings. The van der Waals surface area contributed by atoms with E-state index in [0.717, 1.165) is 11.1 Å². The van der Waals surface area contributed by atoms with Crippen molar-refractivity contribution in [2.24, 2.45) is 0 Å². The van der Waals surface area contributed by atoms with Crippen LogP contribution in [0, 0.1) is 37.8 Å². The van der Waals surface area contributed by atoms with Crippen LogP contribution >= 0.6 is 0 Å². The topological polar surface area (TPSA) is 104 Å². The van der Waals surface area contributed by atoms with Gasteiger partial charge < -0.3 is 4.74 Å². The van der Waals surface area contributed by atoms with Crippen molar-refractivity contribution in [3.8, 4) is 0 Å². The highest BCUT2D eigenvalue weighted by Crippen LogP contribution is 2.21. The van der Waals surface area contributed by atoms with Gasteiger partial charge in [-0.3, -0.25) is 24.4 Å². The molecule has 0 amide bonds. The lowest BCUT2D eigenvalue weighted by molar-refractivity contribution is -0.386. The van der Waals surface area contributed by atoms with Crippen molar-refractivity contribution in [1.29, 1.82) is 0 Å². The minimum absolute atomic E-state index is 0.126. The van der Waals surface area contributed by atoms with Gasteiger partial charge in [0, 0.05) is 5.56 Å². The zero-order chi connectivity index (χ0) is 18.7. The zero-order valence-corrected chi connectivity index (χ0v) is 14.5. The summed E-state index contributed by atoms with van der Waals surface area (Å²) in [6.07, 6.45) is 0. The maximum atomic E-state index is 12.2. The van der Waals surface area contributed by atoms with Gasteiger partial charge >= 0.3 is 11.7 Å². The van der Waals surface area contributed by atoms with E-state index < -0.39 is 10.9 Å². The first-order chi connectivity index (χ1) is 11.7. The summed E-state index contributed by atoms with van der Waals surface area (Å²) in [5.41, 5.74) is 2.62. The van der Waals surface area contributed by atoms with Crippen molar-refractivity contribution in [3.63, 3.8) is 0 Å². The largest absolute Gasteiger partial charge is 0.456 e. The highest BCUT2D eigenvalue weighted by atomic mass is 16.6. The number of ketones is 1. The molecule has 0 spiro atoms. The van der Waals surface area contributed by atoms with Crippen LogP contribution in [0.1, 0.15) is 32.9 Å². The molecule has 0 fully saturated rings. The Bertz CT molecular complexity index is 854. The SMILES string of the molecule is Cc1ccc(C)c(C(=O)COC(=O)Cn2nc(C)c([N+](=O)[O-])c2C)c1. The van der Waals surface area contributed by atoms with Crippen LogP contribution in [0.15, 0.2) is 18.2 Å². The Morgan fingerprint density at radius 3 is 2.52 bits per heavy atom. The standard InChI is InChI=1S/C17H19N3O5/c1-10-5-6-11(2)14(7-10)15(21)9-25-16(22)8-19-13(4)17(20(23)24)12(3)18-19/h5-7H,8-9H2,1-4H3. The highest BCUT2D eigenvalue weighted by molar-refractivity contribution is 5.99. The Morgan fingerprint density at radius 1 is 1.24 bits per heavy atom. The van der Waals surface area contributed by atoms with Crippen LogP contribution in [0.4, 0.5) is 5.69 Å². The number of hydrogen-bond donors (Lipinski definition) is 0. The van der Waals surface area contributed by atoms with E-state index in [2.05, 4.69) is 5.10 Å². The highest BCUT2D eigenvalue weighted by Gasteiger charge is 2.23. The molecule has 0 unspecified atom stereocenters. The van der Waals surface area contributed by atoms with E-state index in [1.807, 2.05) is 26.0 Å². The molecule has 0 N–H and O–H groups in total. The Labute approximate surface area is 144 Å². The molecule has 0 aliphatic carbocycles. The van der Waals surface area contributed by atoms with Crippen molar-refractivity contribution in [2.45, 2.75) is 34.2 Å². The van der Waals surface area contributed by atoms with Gasteiger partial charge in [-0.1, -0.05) is 17.7 Å². The lowest BCUT2D eigenvalue weighted by atomic mass is 10.0. The number of aryl methyl sites for hydroxylation is 3. The molecule has 0 radical (unpaired) electrons. The molecule has 0 saturated carbocycles. The minimum Gasteiger partial charge on any atom is -0.456 e. The van der Waals surface area contributed by atoms with Crippen LogP contribution in [-0.4, -0.2) is 33.1 Å². The summed E-state index contributed by atoms with van der Waals surface area (Å²) in [6, 6.07) is 5.48. The van der Waals surface area contributed by atoms with Gasteiger partial charge in [0.05, 0.1) is 4.92 Å². The van der Waals surface area contributed by atoms with Crippen LogP contribution in [0.25, 0.3) is 0 Å². The summed E-state index contributed by atoms with van der Waals surface area (Å²) in [6.45, 7) is 6.01. The maximum absolute atomic E-state index is 12.2. The number of ether oxygens (including phenoxy) is 1. The second kappa shape index (κ2) is 7.25. The van der Waals surface area contributed by atoms with E-state index in [1.54, 1.807) is 6.07 Å². The first-order valence-electron chi connectivity index (χ1n) is 7.65. The number of nitro groups is 1. The molecular weight excluding hydrogens is 326 g/mol. The van der Waals surface area contributed by atoms with Gasteiger partial charge in [-0.2, -0.15) is 5.10 Å². The number of carbonyl (C=O) groups excluding carboxylic acids is 2. The van der Waals surface area contributed by atoms with Crippen LogP contribution in [0.5, 0.6) is 0 Å². The van der Waals surface area contributed by atoms with Crippen LogP contribution < -0.4 is 0 Å². The molecule has 0 aliphatic heterocycles. The fraction of sp³-hybridized carbons (Fsp3) is 0.353. The molecule has 0 bridgehead atoms. The van der Waals surface area contributed by atoms with E-state index in [-0.39, 0.29) is 36.0 Å². The quantitative estimate of drug-likeness (QED) is 0.345. The molecule has 0 atom stereocenters. The van der Waals surface area contributed by atoms with Gasteiger partial charge in [-0.05, 0) is 39.3 Å². The fourth-order valence-electron chi connectivity index (χ4n) is 2.53. The van der Waals surface area contributed by atoms with E-state index in [1.165, 1.54) is 18.5 Å². The predicted molar refractivity (Wildman–Crippen MR) is 89.6 cm³/mol. The van der Waals surface area contributed by atoms with Gasteiger partial charge in [0.15, 0.2) is 6.61 Å². The fourth-order valence-corrected chi connectivity index (χ4v) is 2.53. The van der Waals surface area contributed by atoms with Crippen molar-refractivity contribution in [2.75, 3.05) is 6.61 Å². The summed E-state index contributed by atoms with van der Waals surface area (Å²) in [4.78, 5) is 34.6. The van der Waals surface area contributed by atoms with Gasteiger partial charge in [0.2, 0.25) is 5.78 Å². The van der Waals surface area contributed by atoms with Crippen molar-refractivity contribution in [1.82, 2.24) is 9.78 Å². The molecule has 25 heavy (non-hydrogen) atoms. The number of Topliss-reactive ketones (excluding diaryl/α,β-unsaturated/α-hetero) is 1. The van der Waals surface area contributed by atoms with E-state index >= 15 is 0 Å². The van der Waals surface area contributed by atoms with Crippen LogP contribution in [0.2, 0.25) is 0 Å². The number of benzene rings is 1. The lowest BCUT2D eigenvalue weighted by Gasteiger charge is -2.08. The molecule has 8 nitrogen and oxygen atoms in total. The van der Waals surface area contributed by atoms with Crippen molar-refractivity contribution in [3.05, 3.63) is 56.4 Å². The Morgan fingerprint density at radius 2 is 1.92 bits per heavy atom. The molecule has 132 valence electrons. The minimum atomic E-state index is -0.681. The zero-order valence-electron chi connectivity index (χ0n) is 14.5. The number of aromatic nitrogens is 2. The van der Waals surface area contributed by atoms with Crippen molar-refractivity contribution < 1.29 is 19.2 Å². The third-order valence-electron chi connectivity index (χ3n) is 3.86. The average molecular weight is 345 g/mol. The normalized spacial score (nSPS) is 10.6. The smallest absolute Gasteiger partial charge is 0.328 e. The number of hydrogen-bond acceptors (Lipinski definition) is 6. The molecule has 2 rings (SSSR count). The van der Waals surface area contributed by atoms with Crippen LogP contribution in [0.3, 0.4) is 0 Å². The lowest BCUT2D eigenvalue weighted by Crippen LogP contribution is -2.20. The second-order valence-electron chi connectivity index (χ2n) is 5.84. The van der Waals surface area contributed by atoms with E-state index in [9.17, 15) is 19.7 Å². The summed E-state index contributed by atoms with van der Waals surface area (Å²) in [5.74, 6) is -0.979. The third-order valence-corrected chi connectivity index (χ3v) is 3.86. The number of carbonyl (C=O) groups is 2. The van der Waals surface area contributed by atoms with Gasteiger partial charge in [0.1, 0.15) is 17.9 Å². The third kappa shape index (κ3) is 4.09. The Kier molecular flexibility index (Phi) is 5.31. The van der Waals surface area contributed by atoms with Crippen molar-refractivity contribution >= 4 is 17.4 Å². The summed E-state index contributed by atoms with van der Waals surface area (Å²) in [7, 11) is 0. The Balaban J connectivity index is 2.02. The molecule has 0 aliphatic rings. The monoisotopic (exact) mass is 345 g/mol. The molecule has 1 aromatic carbocycles. The molecular formula is C17H19N3O5. The Hall–Kier alpha value is -3.03. The predicted octanol–water partition coefficient (Wildman–Crippen LogP) is 2.45. The van der Waals surface area contributed by atoms with Gasteiger partial charge in [0.25, 0.3) is 0 Å². The number of rotatable bonds is 6. The first kappa shape index (κ1) is 18.3. The van der Waals surface area contributed by atoms with E-state index in [4.69, 9.17) is 4.74 Å². The summed E-state index contributed by atoms with van der Waals surface area (Å²) >= 11 is 0. The van der Waals surface area contributed by atoms with Gasteiger partial charge in [-0.25, -0.2) is 0 Å². The second-order valence-corrected chi connectivity index (χ2v) is 5.84. The first-order valence-corrected chi connectivity index (χ1v) is 7.65. The summed E-state index contributed by atoms with van der Waals surface area (Å²) in [5, 5.41) is 14.9. The number of nitrogens with zero attached hydrogens (tertiary/aromatic N) is 3. The molecule has 1 aromatic heterocycles. The van der Waals surface area contributed by atoms with Crippen LogP contribution in [-0.2, 0) is 16.1 Å². The molecule has 8 heteroatoms. The maximum Gasteiger partial charge on any atom is 0.328 e. The van der Waals surface area contributed by atoms with E-state index in [0.29, 0.717) is 5.56 Å². The molecule has 1 heterocycles. The average Bonchev–Trinajstić information content (AvgIpc) is 2.81. The molecule has 0 saturated heterocycles. The van der Waals surface area contributed by atoms with Gasteiger partial charge in [-0.15, -0.1) is 0 Å². The number of esters is 1. The summed E-state index contributed by atoms with van der Waals surface area (Å²) < 4.78 is 6.21.